The number of rotatable bonds is 3. The van der Waals surface area contributed by atoms with Crippen molar-refractivity contribution in [2.24, 2.45) is 0 Å². The van der Waals surface area contributed by atoms with Crippen molar-refractivity contribution in [1.29, 1.82) is 0 Å². The zero-order valence-electron chi connectivity index (χ0n) is 10.8. The number of halogens is 1. The van der Waals surface area contributed by atoms with Gasteiger partial charge in [0, 0.05) is 23.9 Å². The van der Waals surface area contributed by atoms with Gasteiger partial charge < -0.3 is 5.11 Å². The van der Waals surface area contributed by atoms with Gasteiger partial charge in [-0.3, -0.25) is 4.68 Å². The third-order valence-corrected chi connectivity index (χ3v) is 3.05. The van der Waals surface area contributed by atoms with E-state index in [4.69, 9.17) is 0 Å². The fraction of sp³-hybridized carbons (Fsp3) is 0.357. The molecule has 1 unspecified atom stereocenters. The van der Waals surface area contributed by atoms with Gasteiger partial charge in [-0.15, -0.1) is 0 Å². The lowest BCUT2D eigenvalue weighted by molar-refractivity contribution is 0.214. The number of aliphatic hydroxyl groups excluding tert-OH is 1. The van der Waals surface area contributed by atoms with Crippen LogP contribution < -0.4 is 0 Å². The van der Waals surface area contributed by atoms with Crippen LogP contribution in [0.5, 0.6) is 0 Å². The summed E-state index contributed by atoms with van der Waals surface area (Å²) >= 11 is 0. The molecule has 4 heteroatoms. The smallest absolute Gasteiger partial charge is 0.129 e. The Morgan fingerprint density at radius 2 is 2.11 bits per heavy atom. The van der Waals surface area contributed by atoms with Gasteiger partial charge in [-0.25, -0.2) is 4.39 Å². The summed E-state index contributed by atoms with van der Waals surface area (Å²) in [7, 11) is 0. The van der Waals surface area contributed by atoms with E-state index >= 15 is 0 Å². The van der Waals surface area contributed by atoms with Gasteiger partial charge in [-0.2, -0.15) is 5.10 Å². The van der Waals surface area contributed by atoms with Crippen LogP contribution in [0.4, 0.5) is 4.39 Å². The molecule has 1 heterocycles. The quantitative estimate of drug-likeness (QED) is 0.907. The summed E-state index contributed by atoms with van der Waals surface area (Å²) in [6, 6.07) is 3.31. The Morgan fingerprint density at radius 1 is 1.39 bits per heavy atom. The normalized spacial score (nSPS) is 12.7. The molecule has 0 spiro atoms. The fourth-order valence-corrected chi connectivity index (χ4v) is 2.13. The van der Waals surface area contributed by atoms with Crippen LogP contribution in [-0.4, -0.2) is 14.9 Å². The number of hydrogen-bond donors (Lipinski definition) is 1. The molecule has 1 N–H and O–H groups in total. The molecule has 0 bridgehead atoms. The maximum absolute atomic E-state index is 13.9. The van der Waals surface area contributed by atoms with Gasteiger partial charge >= 0.3 is 0 Å². The molecule has 1 aromatic carbocycles. The minimum Gasteiger partial charge on any atom is -0.383 e. The second kappa shape index (κ2) is 4.90. The first-order chi connectivity index (χ1) is 8.52. The highest BCUT2D eigenvalue weighted by atomic mass is 19.1. The lowest BCUT2D eigenvalue weighted by Gasteiger charge is -2.14. The van der Waals surface area contributed by atoms with Crippen LogP contribution in [0.15, 0.2) is 24.5 Å². The minimum atomic E-state index is -0.967. The molecule has 96 valence electrons. The van der Waals surface area contributed by atoms with Crippen molar-refractivity contribution < 1.29 is 9.50 Å². The highest BCUT2D eigenvalue weighted by Crippen LogP contribution is 2.27. The van der Waals surface area contributed by atoms with Gasteiger partial charge in [0.15, 0.2) is 0 Å². The van der Waals surface area contributed by atoms with Gasteiger partial charge in [0.25, 0.3) is 0 Å². The van der Waals surface area contributed by atoms with Crippen molar-refractivity contribution in [3.63, 3.8) is 0 Å². The van der Waals surface area contributed by atoms with Gasteiger partial charge in [-0.05, 0) is 38.0 Å². The molecule has 0 aliphatic rings. The van der Waals surface area contributed by atoms with E-state index in [-0.39, 0.29) is 5.82 Å². The molecular weight excluding hydrogens is 231 g/mol. The number of nitrogens with zero attached hydrogens (tertiary/aromatic N) is 2. The molecule has 3 nitrogen and oxygen atoms in total. The lowest BCUT2D eigenvalue weighted by Crippen LogP contribution is -2.05. The van der Waals surface area contributed by atoms with Crippen molar-refractivity contribution in [3.8, 4) is 0 Å². The topological polar surface area (TPSA) is 38.0 Å². The van der Waals surface area contributed by atoms with Crippen molar-refractivity contribution in [2.75, 3.05) is 0 Å². The third-order valence-electron chi connectivity index (χ3n) is 3.05. The molecule has 0 aliphatic carbocycles. The summed E-state index contributed by atoms with van der Waals surface area (Å²) in [4.78, 5) is 0. The Hall–Kier alpha value is -1.68. The molecule has 2 rings (SSSR count). The predicted molar refractivity (Wildman–Crippen MR) is 67.8 cm³/mol. The average molecular weight is 248 g/mol. The summed E-state index contributed by atoms with van der Waals surface area (Å²) in [5.74, 6) is -0.371. The van der Waals surface area contributed by atoms with Crippen LogP contribution in [0.3, 0.4) is 0 Å². The van der Waals surface area contributed by atoms with E-state index in [1.165, 1.54) is 6.07 Å². The molecule has 0 aliphatic heterocycles. The third kappa shape index (κ3) is 2.29. The summed E-state index contributed by atoms with van der Waals surface area (Å²) in [6.07, 6.45) is 2.35. The molecule has 0 saturated heterocycles. The van der Waals surface area contributed by atoms with Crippen molar-refractivity contribution in [3.05, 3.63) is 52.6 Å². The first kappa shape index (κ1) is 12.8. The molecule has 0 fully saturated rings. The first-order valence-electron chi connectivity index (χ1n) is 6.00. The van der Waals surface area contributed by atoms with Crippen LogP contribution in [-0.2, 0) is 6.54 Å². The fourth-order valence-electron chi connectivity index (χ4n) is 2.13. The maximum Gasteiger partial charge on any atom is 0.129 e. The van der Waals surface area contributed by atoms with Crippen LogP contribution in [0.1, 0.15) is 35.3 Å². The molecule has 0 radical (unpaired) electrons. The zero-order chi connectivity index (χ0) is 13.3. The van der Waals surface area contributed by atoms with E-state index in [2.05, 4.69) is 5.10 Å². The van der Waals surface area contributed by atoms with E-state index in [9.17, 15) is 9.50 Å². The van der Waals surface area contributed by atoms with Crippen LogP contribution in [0.2, 0.25) is 0 Å². The highest BCUT2D eigenvalue weighted by Gasteiger charge is 2.19. The summed E-state index contributed by atoms with van der Waals surface area (Å²) in [5.41, 5.74) is 2.55. The highest BCUT2D eigenvalue weighted by molar-refractivity contribution is 5.37. The van der Waals surface area contributed by atoms with Gasteiger partial charge in [0.1, 0.15) is 11.9 Å². The average Bonchev–Trinajstić information content (AvgIpc) is 2.75. The van der Waals surface area contributed by atoms with Crippen molar-refractivity contribution in [1.82, 2.24) is 9.78 Å². The maximum atomic E-state index is 13.9. The van der Waals surface area contributed by atoms with E-state index in [0.717, 1.165) is 17.7 Å². The zero-order valence-corrected chi connectivity index (χ0v) is 10.8. The molecule has 0 amide bonds. The largest absolute Gasteiger partial charge is 0.383 e. The Labute approximate surface area is 106 Å². The van der Waals surface area contributed by atoms with E-state index in [1.807, 2.05) is 19.9 Å². The minimum absolute atomic E-state index is 0.330. The Balaban J connectivity index is 2.42. The summed E-state index contributed by atoms with van der Waals surface area (Å²) in [5, 5.41) is 14.4. The second-order valence-electron chi connectivity index (χ2n) is 4.51. The SMILES string of the molecule is CCn1cc(C(O)c2c(C)cc(C)cc2F)cn1. The van der Waals surface area contributed by atoms with Gasteiger partial charge in [-0.1, -0.05) is 6.07 Å². The molecule has 1 aromatic heterocycles. The monoisotopic (exact) mass is 248 g/mol. The first-order valence-corrected chi connectivity index (χ1v) is 6.00. The second-order valence-corrected chi connectivity index (χ2v) is 4.51. The molecular formula is C14H17FN2O. The number of benzene rings is 1. The summed E-state index contributed by atoms with van der Waals surface area (Å²) in [6.45, 7) is 6.32. The van der Waals surface area contributed by atoms with Crippen LogP contribution in [0.25, 0.3) is 0 Å². The van der Waals surface area contributed by atoms with E-state index < -0.39 is 6.10 Å². The molecule has 2 aromatic rings. The number of aromatic nitrogens is 2. The molecule has 1 atom stereocenters. The number of hydrogen-bond acceptors (Lipinski definition) is 2. The Bertz CT molecular complexity index is 540. The molecule has 0 saturated carbocycles. The standard InChI is InChI=1S/C14H17FN2O/c1-4-17-8-11(7-16-17)14(18)13-10(3)5-9(2)6-12(13)15/h5-8,14,18H,4H2,1-3H3. The van der Waals surface area contributed by atoms with E-state index in [1.54, 1.807) is 24.0 Å². The lowest BCUT2D eigenvalue weighted by atomic mass is 9.97. The predicted octanol–water partition coefficient (Wildman–Crippen LogP) is 2.74. The Kier molecular flexibility index (Phi) is 3.48. The molecule has 18 heavy (non-hydrogen) atoms. The van der Waals surface area contributed by atoms with Crippen molar-refractivity contribution in [2.45, 2.75) is 33.4 Å². The van der Waals surface area contributed by atoms with Gasteiger partial charge in [0.2, 0.25) is 0 Å². The Morgan fingerprint density at radius 3 is 2.67 bits per heavy atom. The van der Waals surface area contributed by atoms with Gasteiger partial charge in [0.05, 0.1) is 6.20 Å². The van der Waals surface area contributed by atoms with E-state index in [0.29, 0.717) is 11.1 Å². The van der Waals surface area contributed by atoms with Crippen LogP contribution in [0, 0.1) is 19.7 Å². The van der Waals surface area contributed by atoms with Crippen LogP contribution >= 0.6 is 0 Å². The van der Waals surface area contributed by atoms with Crippen molar-refractivity contribution >= 4 is 0 Å². The summed E-state index contributed by atoms with van der Waals surface area (Å²) < 4.78 is 15.7. The number of aliphatic hydroxyl groups is 1. The number of aryl methyl sites for hydroxylation is 3.